The van der Waals surface area contributed by atoms with Gasteiger partial charge in [0, 0.05) is 24.2 Å². The molecule has 0 amide bonds. The van der Waals surface area contributed by atoms with Crippen molar-refractivity contribution < 1.29 is 4.74 Å². The molecule has 1 unspecified atom stereocenters. The minimum Gasteiger partial charge on any atom is -0.481 e. The first-order valence-electron chi connectivity index (χ1n) is 6.82. The van der Waals surface area contributed by atoms with Crippen LogP contribution in [0.2, 0.25) is 0 Å². The fourth-order valence-corrected chi connectivity index (χ4v) is 3.40. The number of benzene rings is 1. The maximum Gasteiger partial charge on any atom is 0.217 e. The number of ether oxygens (including phenoxy) is 1. The molecule has 108 valence electrons. The molecule has 1 atom stereocenters. The third-order valence-corrected chi connectivity index (χ3v) is 4.49. The summed E-state index contributed by atoms with van der Waals surface area (Å²) in [6.45, 7) is 0. The molecule has 0 fully saturated rings. The van der Waals surface area contributed by atoms with E-state index in [2.05, 4.69) is 16.4 Å². The Hall–Kier alpha value is -1.98. The zero-order chi connectivity index (χ0) is 14.7. The maximum atomic E-state index is 5.36. The van der Waals surface area contributed by atoms with Crippen molar-refractivity contribution in [1.29, 1.82) is 0 Å². The van der Waals surface area contributed by atoms with Gasteiger partial charge in [0.1, 0.15) is 0 Å². The molecule has 0 saturated carbocycles. The fraction of sp³-hybridized carbons (Fsp3) is 0.250. The lowest BCUT2D eigenvalue weighted by Crippen LogP contribution is -2.19. The minimum atomic E-state index is 0.134. The first-order chi connectivity index (χ1) is 10.3. The Morgan fingerprint density at radius 1 is 1.24 bits per heavy atom. The second-order valence-corrected chi connectivity index (χ2v) is 5.84. The summed E-state index contributed by atoms with van der Waals surface area (Å²) in [5.41, 5.74) is 2.12. The highest BCUT2D eigenvalue weighted by Gasteiger charge is 2.17. The monoisotopic (exact) mass is 299 g/mol. The predicted octanol–water partition coefficient (Wildman–Crippen LogP) is 3.20. The lowest BCUT2D eigenvalue weighted by molar-refractivity contribution is 0.384. The van der Waals surface area contributed by atoms with Crippen LogP contribution in [0.1, 0.15) is 16.6 Å². The number of nitrogens with zero attached hydrogens (tertiary/aromatic N) is 2. The van der Waals surface area contributed by atoms with Gasteiger partial charge in [-0.15, -0.1) is 11.3 Å². The average molecular weight is 299 g/mol. The lowest BCUT2D eigenvalue weighted by atomic mass is 10.1. The molecule has 0 radical (unpaired) electrons. The van der Waals surface area contributed by atoms with E-state index in [1.54, 1.807) is 24.6 Å². The van der Waals surface area contributed by atoms with Crippen molar-refractivity contribution in [3.8, 4) is 5.88 Å². The Kier molecular flexibility index (Phi) is 4.13. The molecule has 5 heteroatoms. The van der Waals surface area contributed by atoms with Crippen LogP contribution in [0.5, 0.6) is 5.88 Å². The summed E-state index contributed by atoms with van der Waals surface area (Å²) in [7, 11) is 3.60. The number of para-hydroxylation sites is 1. The van der Waals surface area contributed by atoms with Crippen LogP contribution in [0.3, 0.4) is 0 Å². The van der Waals surface area contributed by atoms with Gasteiger partial charge in [-0.3, -0.25) is 0 Å². The van der Waals surface area contributed by atoms with E-state index in [0.29, 0.717) is 5.88 Å². The van der Waals surface area contributed by atoms with Crippen molar-refractivity contribution in [3.05, 3.63) is 53.2 Å². The Bertz CT molecular complexity index is 708. The molecule has 0 spiro atoms. The van der Waals surface area contributed by atoms with E-state index < -0.39 is 0 Å². The molecule has 0 aliphatic rings. The van der Waals surface area contributed by atoms with E-state index in [0.717, 1.165) is 22.5 Å². The quantitative estimate of drug-likeness (QED) is 0.786. The number of fused-ring (bicyclic) bond motifs is 1. The number of hydrogen-bond acceptors (Lipinski definition) is 5. The number of hydrogen-bond donors (Lipinski definition) is 1. The van der Waals surface area contributed by atoms with Gasteiger partial charge >= 0.3 is 0 Å². The summed E-state index contributed by atoms with van der Waals surface area (Å²) >= 11 is 1.74. The second kappa shape index (κ2) is 6.20. The molecule has 3 aromatic rings. The second-order valence-electron chi connectivity index (χ2n) is 4.72. The lowest BCUT2D eigenvalue weighted by Gasteiger charge is -2.17. The van der Waals surface area contributed by atoms with Crippen molar-refractivity contribution in [2.24, 2.45) is 0 Å². The standard InChI is InChI=1S/C16H17N3OS/c1-17-13(11-6-5-9-18-16(11)20-2)10-15-19-12-7-3-4-8-14(12)21-15/h3-9,13,17H,10H2,1-2H3. The van der Waals surface area contributed by atoms with E-state index in [1.807, 2.05) is 37.4 Å². The molecule has 1 aromatic carbocycles. The van der Waals surface area contributed by atoms with Gasteiger partial charge in [0.2, 0.25) is 5.88 Å². The molecule has 0 aliphatic carbocycles. The Morgan fingerprint density at radius 3 is 2.86 bits per heavy atom. The molecule has 3 rings (SSSR count). The number of thiazole rings is 1. The largest absolute Gasteiger partial charge is 0.481 e. The van der Waals surface area contributed by atoms with E-state index in [1.165, 1.54) is 4.70 Å². The summed E-state index contributed by atoms with van der Waals surface area (Å²) < 4.78 is 6.58. The van der Waals surface area contributed by atoms with Gasteiger partial charge in [0.15, 0.2) is 0 Å². The van der Waals surface area contributed by atoms with Gasteiger partial charge in [-0.1, -0.05) is 18.2 Å². The maximum absolute atomic E-state index is 5.36. The van der Waals surface area contributed by atoms with Crippen LogP contribution >= 0.6 is 11.3 Å². The van der Waals surface area contributed by atoms with E-state index >= 15 is 0 Å². The van der Waals surface area contributed by atoms with Crippen molar-refractivity contribution in [3.63, 3.8) is 0 Å². The zero-order valence-corrected chi connectivity index (χ0v) is 12.9. The van der Waals surface area contributed by atoms with Crippen LogP contribution in [0.25, 0.3) is 10.2 Å². The highest BCUT2D eigenvalue weighted by atomic mass is 32.1. The van der Waals surface area contributed by atoms with Crippen molar-refractivity contribution in [2.45, 2.75) is 12.5 Å². The highest BCUT2D eigenvalue weighted by Crippen LogP contribution is 2.29. The third-order valence-electron chi connectivity index (χ3n) is 3.43. The van der Waals surface area contributed by atoms with Crippen LogP contribution in [0.15, 0.2) is 42.6 Å². The van der Waals surface area contributed by atoms with E-state index in [9.17, 15) is 0 Å². The Balaban J connectivity index is 1.90. The average Bonchev–Trinajstić information content (AvgIpc) is 2.95. The normalized spacial score (nSPS) is 12.5. The third kappa shape index (κ3) is 2.89. The van der Waals surface area contributed by atoms with Crippen molar-refractivity contribution in [1.82, 2.24) is 15.3 Å². The number of likely N-dealkylation sites (N-methyl/N-ethyl adjacent to an activating group) is 1. The summed E-state index contributed by atoms with van der Waals surface area (Å²) in [6.07, 6.45) is 2.56. The number of nitrogens with one attached hydrogen (secondary N) is 1. The minimum absolute atomic E-state index is 0.134. The number of aromatic nitrogens is 2. The molecule has 2 aromatic heterocycles. The van der Waals surface area contributed by atoms with Gasteiger partial charge < -0.3 is 10.1 Å². The molecule has 0 bridgehead atoms. The number of pyridine rings is 1. The Labute approximate surface area is 127 Å². The zero-order valence-electron chi connectivity index (χ0n) is 12.0. The van der Waals surface area contributed by atoms with Crippen LogP contribution in [-0.2, 0) is 6.42 Å². The van der Waals surface area contributed by atoms with Gasteiger partial charge in [0.05, 0.1) is 22.3 Å². The van der Waals surface area contributed by atoms with Gasteiger partial charge in [0.25, 0.3) is 0 Å². The Morgan fingerprint density at radius 2 is 2.10 bits per heavy atom. The number of methoxy groups -OCH3 is 1. The molecular formula is C16H17N3OS. The first-order valence-corrected chi connectivity index (χ1v) is 7.64. The fourth-order valence-electron chi connectivity index (χ4n) is 2.39. The van der Waals surface area contributed by atoms with Gasteiger partial charge in [-0.05, 0) is 25.2 Å². The number of rotatable bonds is 5. The van der Waals surface area contributed by atoms with Crippen LogP contribution < -0.4 is 10.1 Å². The SMILES string of the molecule is CNC(Cc1nc2ccccc2s1)c1cccnc1OC. The summed E-state index contributed by atoms with van der Waals surface area (Å²) in [4.78, 5) is 8.97. The van der Waals surface area contributed by atoms with Crippen LogP contribution in [0, 0.1) is 0 Å². The first kappa shape index (κ1) is 14.0. The molecular weight excluding hydrogens is 282 g/mol. The van der Waals surface area contributed by atoms with Gasteiger partial charge in [-0.2, -0.15) is 0 Å². The molecule has 21 heavy (non-hydrogen) atoms. The van der Waals surface area contributed by atoms with Crippen LogP contribution in [-0.4, -0.2) is 24.1 Å². The molecule has 2 heterocycles. The molecule has 0 saturated heterocycles. The van der Waals surface area contributed by atoms with Gasteiger partial charge in [-0.25, -0.2) is 9.97 Å². The van der Waals surface area contributed by atoms with Crippen molar-refractivity contribution in [2.75, 3.05) is 14.2 Å². The van der Waals surface area contributed by atoms with Crippen LogP contribution in [0.4, 0.5) is 0 Å². The molecule has 0 aliphatic heterocycles. The molecule has 4 nitrogen and oxygen atoms in total. The smallest absolute Gasteiger partial charge is 0.217 e. The van der Waals surface area contributed by atoms with E-state index in [4.69, 9.17) is 9.72 Å². The summed E-state index contributed by atoms with van der Waals surface area (Å²) in [5, 5.41) is 4.45. The summed E-state index contributed by atoms with van der Waals surface area (Å²) in [5.74, 6) is 0.665. The predicted molar refractivity (Wildman–Crippen MR) is 85.9 cm³/mol. The topological polar surface area (TPSA) is 47.0 Å². The highest BCUT2D eigenvalue weighted by molar-refractivity contribution is 7.18. The van der Waals surface area contributed by atoms with Crippen molar-refractivity contribution >= 4 is 21.6 Å². The van der Waals surface area contributed by atoms with E-state index in [-0.39, 0.29) is 6.04 Å². The summed E-state index contributed by atoms with van der Waals surface area (Å²) in [6, 6.07) is 12.3. The molecule has 1 N–H and O–H groups in total.